The highest BCUT2D eigenvalue weighted by Gasteiger charge is 2.22. The summed E-state index contributed by atoms with van der Waals surface area (Å²) in [7, 11) is 0. The van der Waals surface area contributed by atoms with Crippen LogP contribution in [0, 0.1) is 17.7 Å². The molecule has 1 atom stereocenters. The molecule has 0 bridgehead atoms. The molecule has 1 N–H and O–H groups in total. The van der Waals surface area contributed by atoms with Gasteiger partial charge in [-0.1, -0.05) is 26.0 Å². The average Bonchev–Trinajstić information content (AvgIpc) is 3.22. The lowest BCUT2D eigenvalue weighted by molar-refractivity contribution is 0.0900. The molecule has 0 aliphatic heterocycles. The van der Waals surface area contributed by atoms with E-state index in [1.165, 1.54) is 30.5 Å². The minimum atomic E-state index is -0.171. The Balaban J connectivity index is 1.80. The van der Waals surface area contributed by atoms with Gasteiger partial charge in [-0.05, 0) is 48.8 Å². The third-order valence-electron chi connectivity index (χ3n) is 3.66. The van der Waals surface area contributed by atoms with Crippen LogP contribution in [0.15, 0.2) is 24.3 Å². The van der Waals surface area contributed by atoms with Crippen molar-refractivity contribution in [2.24, 2.45) is 11.8 Å². The zero-order chi connectivity index (χ0) is 14.4. The molecule has 0 amide bonds. The Labute approximate surface area is 121 Å². The molecule has 1 aromatic carbocycles. The SMILES string of the molecule is CC(C)NCC(COCC1CC1)Cc1ccc(F)cc1. The van der Waals surface area contributed by atoms with E-state index in [1.54, 1.807) is 0 Å². The summed E-state index contributed by atoms with van der Waals surface area (Å²) in [5.74, 6) is 1.08. The standard InChI is InChI=1S/C17H26FNO/c1-13(2)19-10-16(12-20-11-15-3-4-15)9-14-5-7-17(18)8-6-14/h5-8,13,15-16,19H,3-4,9-12H2,1-2H3. The molecule has 3 heteroatoms. The Kier molecular flexibility index (Phi) is 5.99. The highest BCUT2D eigenvalue weighted by atomic mass is 19.1. The van der Waals surface area contributed by atoms with Crippen molar-refractivity contribution in [1.82, 2.24) is 5.32 Å². The molecule has 1 aliphatic carbocycles. The van der Waals surface area contributed by atoms with E-state index in [2.05, 4.69) is 19.2 Å². The van der Waals surface area contributed by atoms with E-state index in [0.717, 1.165) is 32.1 Å². The fourth-order valence-electron chi connectivity index (χ4n) is 2.23. The average molecular weight is 279 g/mol. The van der Waals surface area contributed by atoms with E-state index in [-0.39, 0.29) is 5.82 Å². The molecule has 0 saturated heterocycles. The van der Waals surface area contributed by atoms with Gasteiger partial charge in [-0.2, -0.15) is 0 Å². The Morgan fingerprint density at radius 2 is 1.95 bits per heavy atom. The number of benzene rings is 1. The number of nitrogens with one attached hydrogen (secondary N) is 1. The third kappa shape index (κ3) is 6.02. The summed E-state index contributed by atoms with van der Waals surface area (Å²) >= 11 is 0. The van der Waals surface area contributed by atoms with Crippen LogP contribution in [0.5, 0.6) is 0 Å². The van der Waals surface area contributed by atoms with Crippen LogP contribution in [-0.4, -0.2) is 25.8 Å². The molecule has 1 aliphatic rings. The summed E-state index contributed by atoms with van der Waals surface area (Å²) < 4.78 is 18.8. The van der Waals surface area contributed by atoms with Crippen molar-refractivity contribution in [3.63, 3.8) is 0 Å². The number of hydrogen-bond donors (Lipinski definition) is 1. The van der Waals surface area contributed by atoms with Gasteiger partial charge < -0.3 is 10.1 Å². The highest BCUT2D eigenvalue weighted by Crippen LogP contribution is 2.29. The smallest absolute Gasteiger partial charge is 0.123 e. The fraction of sp³-hybridized carbons (Fsp3) is 0.647. The second-order valence-corrected chi connectivity index (χ2v) is 6.24. The first-order chi connectivity index (χ1) is 9.63. The van der Waals surface area contributed by atoms with Crippen molar-refractivity contribution in [3.8, 4) is 0 Å². The zero-order valence-electron chi connectivity index (χ0n) is 12.6. The van der Waals surface area contributed by atoms with Crippen molar-refractivity contribution in [1.29, 1.82) is 0 Å². The van der Waals surface area contributed by atoms with Gasteiger partial charge in [0.2, 0.25) is 0 Å². The molecule has 2 rings (SSSR count). The first-order valence-corrected chi connectivity index (χ1v) is 7.69. The van der Waals surface area contributed by atoms with E-state index >= 15 is 0 Å². The molecule has 0 radical (unpaired) electrons. The van der Waals surface area contributed by atoms with Crippen LogP contribution in [0.4, 0.5) is 4.39 Å². The van der Waals surface area contributed by atoms with Crippen LogP contribution in [0.2, 0.25) is 0 Å². The summed E-state index contributed by atoms with van der Waals surface area (Å²) in [4.78, 5) is 0. The van der Waals surface area contributed by atoms with Gasteiger partial charge in [0.1, 0.15) is 5.82 Å². The predicted octanol–water partition coefficient (Wildman–Crippen LogP) is 3.41. The molecule has 0 aromatic heterocycles. The summed E-state index contributed by atoms with van der Waals surface area (Å²) in [5, 5.41) is 3.48. The van der Waals surface area contributed by atoms with Crippen LogP contribution in [0.25, 0.3) is 0 Å². The maximum absolute atomic E-state index is 12.9. The normalized spacial score (nSPS) is 16.6. The Hall–Kier alpha value is -0.930. The largest absolute Gasteiger partial charge is 0.381 e. The van der Waals surface area contributed by atoms with Gasteiger partial charge in [-0.3, -0.25) is 0 Å². The van der Waals surface area contributed by atoms with Crippen LogP contribution in [0.3, 0.4) is 0 Å². The van der Waals surface area contributed by atoms with Gasteiger partial charge in [-0.15, -0.1) is 0 Å². The van der Waals surface area contributed by atoms with Crippen molar-refractivity contribution >= 4 is 0 Å². The molecule has 0 heterocycles. The van der Waals surface area contributed by atoms with E-state index in [9.17, 15) is 4.39 Å². The van der Waals surface area contributed by atoms with Gasteiger partial charge in [-0.25, -0.2) is 4.39 Å². The monoisotopic (exact) mass is 279 g/mol. The molecule has 1 aromatic rings. The van der Waals surface area contributed by atoms with E-state index in [1.807, 2.05) is 12.1 Å². The van der Waals surface area contributed by atoms with E-state index in [0.29, 0.717) is 12.0 Å². The van der Waals surface area contributed by atoms with Gasteiger partial charge in [0.25, 0.3) is 0 Å². The molecule has 1 saturated carbocycles. The lowest BCUT2D eigenvalue weighted by Gasteiger charge is -2.19. The first-order valence-electron chi connectivity index (χ1n) is 7.69. The van der Waals surface area contributed by atoms with Crippen molar-refractivity contribution in [3.05, 3.63) is 35.6 Å². The minimum absolute atomic E-state index is 0.171. The molecular formula is C17H26FNO. The Morgan fingerprint density at radius 1 is 1.25 bits per heavy atom. The minimum Gasteiger partial charge on any atom is -0.381 e. The quantitative estimate of drug-likeness (QED) is 0.748. The van der Waals surface area contributed by atoms with Crippen LogP contribution < -0.4 is 5.32 Å². The number of ether oxygens (including phenoxy) is 1. The van der Waals surface area contributed by atoms with Gasteiger partial charge in [0.15, 0.2) is 0 Å². The maximum Gasteiger partial charge on any atom is 0.123 e. The van der Waals surface area contributed by atoms with Crippen molar-refractivity contribution < 1.29 is 9.13 Å². The molecule has 1 unspecified atom stereocenters. The predicted molar refractivity (Wildman–Crippen MR) is 80.3 cm³/mol. The maximum atomic E-state index is 12.9. The van der Waals surface area contributed by atoms with E-state index < -0.39 is 0 Å². The van der Waals surface area contributed by atoms with Gasteiger partial charge in [0.05, 0.1) is 6.61 Å². The van der Waals surface area contributed by atoms with Crippen LogP contribution in [-0.2, 0) is 11.2 Å². The Bertz CT molecular complexity index is 386. The molecule has 0 spiro atoms. The lowest BCUT2D eigenvalue weighted by Crippen LogP contribution is -2.32. The number of rotatable bonds is 9. The van der Waals surface area contributed by atoms with Crippen LogP contribution >= 0.6 is 0 Å². The lowest BCUT2D eigenvalue weighted by atomic mass is 9.99. The second-order valence-electron chi connectivity index (χ2n) is 6.24. The Morgan fingerprint density at radius 3 is 2.55 bits per heavy atom. The summed E-state index contributed by atoms with van der Waals surface area (Å²) in [6.07, 6.45) is 3.59. The summed E-state index contributed by atoms with van der Waals surface area (Å²) in [6.45, 7) is 6.94. The molecular weight excluding hydrogens is 253 g/mol. The third-order valence-corrected chi connectivity index (χ3v) is 3.66. The highest BCUT2D eigenvalue weighted by molar-refractivity contribution is 5.16. The number of hydrogen-bond acceptors (Lipinski definition) is 2. The molecule has 20 heavy (non-hydrogen) atoms. The topological polar surface area (TPSA) is 21.3 Å². The molecule has 1 fully saturated rings. The summed E-state index contributed by atoms with van der Waals surface area (Å²) in [6, 6.07) is 7.30. The number of halogens is 1. The first kappa shape index (κ1) is 15.5. The van der Waals surface area contributed by atoms with Gasteiger partial charge in [0, 0.05) is 19.2 Å². The van der Waals surface area contributed by atoms with Gasteiger partial charge >= 0.3 is 0 Å². The summed E-state index contributed by atoms with van der Waals surface area (Å²) in [5.41, 5.74) is 1.18. The fourth-order valence-corrected chi connectivity index (χ4v) is 2.23. The van der Waals surface area contributed by atoms with E-state index in [4.69, 9.17) is 4.74 Å². The van der Waals surface area contributed by atoms with Crippen molar-refractivity contribution in [2.45, 2.75) is 39.2 Å². The van der Waals surface area contributed by atoms with Crippen molar-refractivity contribution in [2.75, 3.05) is 19.8 Å². The van der Waals surface area contributed by atoms with Crippen LogP contribution in [0.1, 0.15) is 32.3 Å². The molecule has 112 valence electrons. The second kappa shape index (κ2) is 7.75. The zero-order valence-corrected chi connectivity index (χ0v) is 12.6. The molecule has 2 nitrogen and oxygen atoms in total.